The van der Waals surface area contributed by atoms with E-state index in [1.54, 1.807) is 0 Å². The highest BCUT2D eigenvalue weighted by molar-refractivity contribution is 6.16. The number of rotatable bonds is 9. The summed E-state index contributed by atoms with van der Waals surface area (Å²) in [6, 6.07) is 0. The van der Waals surface area contributed by atoms with Gasteiger partial charge in [0.2, 0.25) is 5.78 Å². The standard InChI is InChI=1S/C16H26N2O2.BrH/c1-4-18(3,5-2)12-8-6-7-11-17-15-13-14(19)9-10-16(15)20;/h9-10,13H,4-8,11-12H2,1-3H3;1H. The summed E-state index contributed by atoms with van der Waals surface area (Å²) < 4.78 is 1.12. The number of unbranched alkanes of at least 4 members (excludes halogenated alkanes) is 2. The maximum Gasteiger partial charge on any atom is 0.201 e. The Morgan fingerprint density at radius 2 is 1.71 bits per heavy atom. The van der Waals surface area contributed by atoms with Crippen molar-refractivity contribution in [2.45, 2.75) is 33.1 Å². The molecule has 5 heteroatoms. The number of nitrogens with zero attached hydrogens (tertiary/aromatic N) is 1. The summed E-state index contributed by atoms with van der Waals surface area (Å²) in [5, 5.41) is 3.06. The SMILES string of the molecule is CC[N+](C)(CC)CCCCCNC1=CC(=O)C=CC1=O.[Br-]. The molecule has 4 nitrogen and oxygen atoms in total. The lowest BCUT2D eigenvalue weighted by Gasteiger charge is -2.32. The van der Waals surface area contributed by atoms with E-state index in [0.29, 0.717) is 5.70 Å². The van der Waals surface area contributed by atoms with Crippen molar-refractivity contribution < 1.29 is 31.1 Å². The lowest BCUT2D eigenvalue weighted by Crippen LogP contribution is -3.00. The third kappa shape index (κ3) is 7.05. The lowest BCUT2D eigenvalue weighted by atomic mass is 10.1. The van der Waals surface area contributed by atoms with E-state index < -0.39 is 0 Å². The zero-order chi connectivity index (χ0) is 15.0. The van der Waals surface area contributed by atoms with E-state index in [-0.39, 0.29) is 28.5 Å². The number of hydrogen-bond donors (Lipinski definition) is 1. The Morgan fingerprint density at radius 3 is 2.33 bits per heavy atom. The number of nitrogens with one attached hydrogen (secondary N) is 1. The van der Waals surface area contributed by atoms with Gasteiger partial charge in [-0.2, -0.15) is 0 Å². The van der Waals surface area contributed by atoms with Crippen LogP contribution in [0.2, 0.25) is 0 Å². The maximum atomic E-state index is 11.5. The van der Waals surface area contributed by atoms with E-state index in [4.69, 9.17) is 0 Å². The Balaban J connectivity index is 0.00000400. The van der Waals surface area contributed by atoms with Crippen LogP contribution in [0.5, 0.6) is 0 Å². The number of hydrogen-bond acceptors (Lipinski definition) is 3. The van der Waals surface area contributed by atoms with Gasteiger partial charge in [0.1, 0.15) is 0 Å². The zero-order valence-corrected chi connectivity index (χ0v) is 14.9. The van der Waals surface area contributed by atoms with Gasteiger partial charge in [-0.15, -0.1) is 0 Å². The molecule has 1 N–H and O–H groups in total. The zero-order valence-electron chi connectivity index (χ0n) is 13.3. The minimum Gasteiger partial charge on any atom is -1.00 e. The van der Waals surface area contributed by atoms with Crippen LogP contribution in [0.4, 0.5) is 0 Å². The molecule has 120 valence electrons. The Kier molecular flexibility index (Phi) is 9.46. The number of carbonyl (C=O) groups excluding carboxylic acids is 2. The van der Waals surface area contributed by atoms with E-state index in [1.165, 1.54) is 44.3 Å². The molecule has 0 saturated heterocycles. The monoisotopic (exact) mass is 358 g/mol. The van der Waals surface area contributed by atoms with Gasteiger partial charge < -0.3 is 26.8 Å². The quantitative estimate of drug-likeness (QED) is 0.321. The van der Waals surface area contributed by atoms with Crippen molar-refractivity contribution in [2.75, 3.05) is 33.2 Å². The molecule has 0 amide bonds. The van der Waals surface area contributed by atoms with Crippen LogP contribution in [0.3, 0.4) is 0 Å². The van der Waals surface area contributed by atoms with Gasteiger partial charge in [-0.1, -0.05) is 0 Å². The van der Waals surface area contributed by atoms with Crippen LogP contribution in [0.15, 0.2) is 23.9 Å². The average molecular weight is 359 g/mol. The number of halogens is 1. The summed E-state index contributed by atoms with van der Waals surface area (Å²) >= 11 is 0. The average Bonchev–Trinajstić information content (AvgIpc) is 2.45. The molecule has 21 heavy (non-hydrogen) atoms. The summed E-state index contributed by atoms with van der Waals surface area (Å²) in [5.41, 5.74) is 0.431. The van der Waals surface area contributed by atoms with Crippen molar-refractivity contribution in [1.29, 1.82) is 0 Å². The van der Waals surface area contributed by atoms with Crippen LogP contribution in [0.1, 0.15) is 33.1 Å². The molecule has 0 radical (unpaired) electrons. The molecule has 1 rings (SSSR count). The lowest BCUT2D eigenvalue weighted by molar-refractivity contribution is -0.906. The van der Waals surface area contributed by atoms with Gasteiger partial charge in [-0.3, -0.25) is 9.59 Å². The molecule has 0 spiro atoms. The van der Waals surface area contributed by atoms with Crippen LogP contribution in [0.25, 0.3) is 0 Å². The first kappa shape index (κ1) is 20.1. The van der Waals surface area contributed by atoms with Crippen LogP contribution in [0, 0.1) is 0 Å². The van der Waals surface area contributed by atoms with Crippen molar-refractivity contribution in [3.63, 3.8) is 0 Å². The second kappa shape index (κ2) is 9.90. The van der Waals surface area contributed by atoms with Crippen molar-refractivity contribution in [3.05, 3.63) is 23.9 Å². The van der Waals surface area contributed by atoms with Crippen molar-refractivity contribution in [2.24, 2.45) is 0 Å². The molecule has 0 aromatic rings. The van der Waals surface area contributed by atoms with Crippen molar-refractivity contribution >= 4 is 11.6 Å². The molecule has 0 bridgehead atoms. The summed E-state index contributed by atoms with van der Waals surface area (Å²) in [5.74, 6) is -0.225. The van der Waals surface area contributed by atoms with Gasteiger partial charge in [0, 0.05) is 12.6 Å². The van der Waals surface area contributed by atoms with E-state index in [9.17, 15) is 9.59 Å². The molecule has 0 aromatic carbocycles. The van der Waals surface area contributed by atoms with E-state index in [2.05, 4.69) is 26.2 Å². The van der Waals surface area contributed by atoms with Gasteiger partial charge in [0.25, 0.3) is 0 Å². The van der Waals surface area contributed by atoms with Gasteiger partial charge in [0.05, 0.1) is 32.4 Å². The Labute approximate surface area is 138 Å². The summed E-state index contributed by atoms with van der Waals surface area (Å²) in [6.07, 6.45) is 7.38. The maximum absolute atomic E-state index is 11.5. The smallest absolute Gasteiger partial charge is 0.201 e. The molecule has 0 heterocycles. The van der Waals surface area contributed by atoms with Gasteiger partial charge in [-0.25, -0.2) is 0 Å². The first-order valence-electron chi connectivity index (χ1n) is 7.56. The van der Waals surface area contributed by atoms with Gasteiger partial charge in [0.15, 0.2) is 5.78 Å². The fraction of sp³-hybridized carbons (Fsp3) is 0.625. The minimum atomic E-state index is -0.119. The van der Waals surface area contributed by atoms with E-state index in [0.717, 1.165) is 23.9 Å². The van der Waals surface area contributed by atoms with Gasteiger partial charge in [-0.05, 0) is 45.3 Å². The second-order valence-corrected chi connectivity index (χ2v) is 5.62. The summed E-state index contributed by atoms with van der Waals surface area (Å²) in [7, 11) is 2.29. The largest absolute Gasteiger partial charge is 1.00 e. The molecule has 0 aliphatic heterocycles. The minimum absolute atomic E-state index is 0. The fourth-order valence-corrected chi connectivity index (χ4v) is 2.21. The molecule has 0 aromatic heterocycles. The van der Waals surface area contributed by atoms with Crippen LogP contribution in [-0.2, 0) is 9.59 Å². The van der Waals surface area contributed by atoms with E-state index >= 15 is 0 Å². The normalized spacial score (nSPS) is 14.7. The molecule has 1 aliphatic rings. The first-order valence-corrected chi connectivity index (χ1v) is 7.56. The number of quaternary nitrogens is 1. The molecule has 1 aliphatic carbocycles. The molecule has 0 fully saturated rings. The third-order valence-corrected chi connectivity index (χ3v) is 4.17. The summed E-state index contributed by atoms with van der Waals surface area (Å²) in [6.45, 7) is 8.76. The van der Waals surface area contributed by atoms with Crippen LogP contribution < -0.4 is 22.3 Å². The predicted octanol–water partition coefficient (Wildman–Crippen LogP) is -1.17. The molecule has 0 atom stereocenters. The molecule has 0 unspecified atom stereocenters. The topological polar surface area (TPSA) is 46.2 Å². The Hall–Kier alpha value is -0.940. The molecular weight excluding hydrogens is 332 g/mol. The highest BCUT2D eigenvalue weighted by atomic mass is 79.9. The first-order chi connectivity index (χ1) is 9.50. The Bertz CT molecular complexity index is 413. The Morgan fingerprint density at radius 1 is 1.05 bits per heavy atom. The second-order valence-electron chi connectivity index (χ2n) is 5.62. The van der Waals surface area contributed by atoms with Crippen molar-refractivity contribution in [1.82, 2.24) is 5.32 Å². The predicted molar refractivity (Wildman–Crippen MR) is 81.2 cm³/mol. The highest BCUT2D eigenvalue weighted by Crippen LogP contribution is 2.07. The number of allylic oxidation sites excluding steroid dienone is 3. The highest BCUT2D eigenvalue weighted by Gasteiger charge is 2.15. The van der Waals surface area contributed by atoms with Crippen LogP contribution >= 0.6 is 0 Å². The number of ketones is 2. The van der Waals surface area contributed by atoms with Crippen LogP contribution in [-0.4, -0.2) is 49.3 Å². The molecular formula is C16H27BrN2O2. The third-order valence-electron chi connectivity index (χ3n) is 4.17. The number of carbonyl (C=O) groups is 2. The summed E-state index contributed by atoms with van der Waals surface area (Å²) in [4.78, 5) is 22.7. The van der Waals surface area contributed by atoms with E-state index in [1.807, 2.05) is 0 Å². The van der Waals surface area contributed by atoms with Gasteiger partial charge >= 0.3 is 0 Å². The van der Waals surface area contributed by atoms with Crippen molar-refractivity contribution in [3.8, 4) is 0 Å². The molecule has 0 saturated carbocycles. The fourth-order valence-electron chi connectivity index (χ4n) is 2.21.